The van der Waals surface area contributed by atoms with Gasteiger partial charge in [-0.2, -0.15) is 0 Å². The van der Waals surface area contributed by atoms with Gasteiger partial charge in [-0.25, -0.2) is 13.8 Å². The van der Waals surface area contributed by atoms with Gasteiger partial charge in [-0.3, -0.25) is 0 Å². The minimum atomic E-state index is -0.635. The highest BCUT2D eigenvalue weighted by molar-refractivity contribution is 6.17. The van der Waals surface area contributed by atoms with E-state index in [-0.39, 0.29) is 5.52 Å². The summed E-state index contributed by atoms with van der Waals surface area (Å²) in [7, 11) is 0. The molecule has 0 radical (unpaired) electrons. The van der Waals surface area contributed by atoms with Gasteiger partial charge in [-0.1, -0.05) is 12.1 Å². The molecule has 0 saturated carbocycles. The van der Waals surface area contributed by atoms with E-state index < -0.39 is 17.8 Å². The molecule has 1 aliphatic rings. The fraction of sp³-hybridized carbons (Fsp3) is 0.167. The van der Waals surface area contributed by atoms with E-state index >= 15 is 0 Å². The minimum Gasteiger partial charge on any atom is -0.358 e. The highest BCUT2D eigenvalue weighted by Gasteiger charge is 2.23. The van der Waals surface area contributed by atoms with Gasteiger partial charge in [-0.15, -0.1) is 0 Å². The van der Waals surface area contributed by atoms with Gasteiger partial charge in [-0.05, 0) is 31.0 Å². The molecule has 0 aliphatic carbocycles. The lowest BCUT2D eigenvalue weighted by molar-refractivity contribution is 0.591. The number of nitrogens with one attached hydrogen (secondary N) is 2. The van der Waals surface area contributed by atoms with Gasteiger partial charge in [0.25, 0.3) is 0 Å². The number of nitrogens with two attached hydrogens (primary N) is 1. The number of hydrogen-bond donors (Lipinski definition) is 3. The molecule has 4 N–H and O–H groups in total. The predicted molar refractivity (Wildman–Crippen MR) is 91.2 cm³/mol. The third-order valence-corrected chi connectivity index (χ3v) is 4.56. The normalized spacial score (nSPS) is 16.7. The number of rotatable bonds is 1. The maximum atomic E-state index is 13.9. The van der Waals surface area contributed by atoms with Crippen molar-refractivity contribution in [3.05, 3.63) is 64.4 Å². The summed E-state index contributed by atoms with van der Waals surface area (Å²) >= 11 is 0. The molecule has 4 rings (SSSR count). The van der Waals surface area contributed by atoms with E-state index in [4.69, 9.17) is 5.73 Å². The number of anilines is 1. The van der Waals surface area contributed by atoms with Crippen LogP contribution in [0.5, 0.6) is 0 Å². The van der Waals surface area contributed by atoms with Crippen molar-refractivity contribution in [1.82, 2.24) is 4.98 Å². The fourth-order valence-electron chi connectivity index (χ4n) is 3.10. The molecule has 0 saturated heterocycles. The Morgan fingerprint density at radius 3 is 2.75 bits per heavy atom. The van der Waals surface area contributed by atoms with E-state index in [0.29, 0.717) is 16.8 Å². The summed E-state index contributed by atoms with van der Waals surface area (Å²) in [4.78, 5) is 7.31. The first-order valence-corrected chi connectivity index (χ1v) is 7.62. The summed E-state index contributed by atoms with van der Waals surface area (Å²) in [5.74, 6) is -0.765. The van der Waals surface area contributed by atoms with Crippen LogP contribution in [-0.2, 0) is 0 Å². The SMILES string of the molecule is Cc1ccc2c(c1C)NC(c1c[nH]c3c(F)cc(F)cc13)=NC2N. The van der Waals surface area contributed by atoms with Gasteiger partial charge in [0, 0.05) is 34.5 Å². The number of aromatic nitrogens is 1. The van der Waals surface area contributed by atoms with Gasteiger partial charge in [0.1, 0.15) is 23.6 Å². The Morgan fingerprint density at radius 1 is 1.17 bits per heavy atom. The van der Waals surface area contributed by atoms with E-state index in [2.05, 4.69) is 15.3 Å². The van der Waals surface area contributed by atoms with Crippen LogP contribution in [-0.4, -0.2) is 10.8 Å². The Balaban J connectivity index is 1.88. The van der Waals surface area contributed by atoms with Crippen LogP contribution in [0.4, 0.5) is 14.5 Å². The van der Waals surface area contributed by atoms with Crippen LogP contribution >= 0.6 is 0 Å². The molecule has 1 aromatic heterocycles. The third kappa shape index (κ3) is 2.11. The number of fused-ring (bicyclic) bond motifs is 2. The van der Waals surface area contributed by atoms with Crippen molar-refractivity contribution in [2.75, 3.05) is 5.32 Å². The Labute approximate surface area is 137 Å². The Morgan fingerprint density at radius 2 is 1.96 bits per heavy atom. The zero-order chi connectivity index (χ0) is 17.0. The van der Waals surface area contributed by atoms with E-state index in [0.717, 1.165) is 28.4 Å². The van der Waals surface area contributed by atoms with Crippen molar-refractivity contribution in [1.29, 1.82) is 0 Å². The number of aliphatic imine (C=N–C) groups is 1. The van der Waals surface area contributed by atoms with Gasteiger partial charge in [0.05, 0.1) is 5.52 Å². The largest absolute Gasteiger partial charge is 0.358 e. The van der Waals surface area contributed by atoms with Crippen LogP contribution < -0.4 is 11.1 Å². The summed E-state index contributed by atoms with van der Waals surface area (Å²) < 4.78 is 27.5. The number of amidine groups is 1. The summed E-state index contributed by atoms with van der Waals surface area (Å²) in [6.07, 6.45) is 1.08. The summed E-state index contributed by atoms with van der Waals surface area (Å²) in [6, 6.07) is 6.10. The molecule has 0 spiro atoms. The number of halogens is 2. The van der Waals surface area contributed by atoms with Crippen LogP contribution in [0.1, 0.15) is 28.4 Å². The second-order valence-electron chi connectivity index (χ2n) is 6.03. The molecule has 3 aromatic rings. The van der Waals surface area contributed by atoms with Crippen LogP contribution in [0.2, 0.25) is 0 Å². The summed E-state index contributed by atoms with van der Waals surface area (Å²) in [5, 5.41) is 3.71. The van der Waals surface area contributed by atoms with Crippen molar-refractivity contribution >= 4 is 22.4 Å². The Bertz CT molecular complexity index is 1000. The van der Waals surface area contributed by atoms with Gasteiger partial charge in [0.15, 0.2) is 0 Å². The molecule has 0 fully saturated rings. The molecule has 4 nitrogen and oxygen atoms in total. The number of aromatic amines is 1. The molecular weight excluding hydrogens is 310 g/mol. The maximum absolute atomic E-state index is 13.9. The topological polar surface area (TPSA) is 66.2 Å². The van der Waals surface area contributed by atoms with Crippen LogP contribution in [0, 0.1) is 25.5 Å². The van der Waals surface area contributed by atoms with Crippen molar-refractivity contribution in [3.63, 3.8) is 0 Å². The number of aryl methyl sites for hydroxylation is 1. The third-order valence-electron chi connectivity index (χ3n) is 4.56. The smallest absolute Gasteiger partial charge is 0.150 e. The maximum Gasteiger partial charge on any atom is 0.150 e. The van der Waals surface area contributed by atoms with Gasteiger partial charge in [0.2, 0.25) is 0 Å². The molecular formula is C18H16F2N4. The van der Waals surface area contributed by atoms with E-state index in [1.807, 2.05) is 26.0 Å². The molecule has 2 aromatic carbocycles. The van der Waals surface area contributed by atoms with Crippen molar-refractivity contribution in [2.24, 2.45) is 10.7 Å². The number of nitrogens with zero attached hydrogens (tertiary/aromatic N) is 1. The van der Waals surface area contributed by atoms with E-state index in [1.165, 1.54) is 6.07 Å². The average molecular weight is 326 g/mol. The average Bonchev–Trinajstić information content (AvgIpc) is 2.95. The lowest BCUT2D eigenvalue weighted by Crippen LogP contribution is -2.25. The lowest BCUT2D eigenvalue weighted by Gasteiger charge is -2.25. The molecule has 24 heavy (non-hydrogen) atoms. The quantitative estimate of drug-likeness (QED) is 0.635. The van der Waals surface area contributed by atoms with Gasteiger partial charge < -0.3 is 16.0 Å². The first-order valence-electron chi connectivity index (χ1n) is 7.62. The van der Waals surface area contributed by atoms with Crippen molar-refractivity contribution < 1.29 is 8.78 Å². The summed E-state index contributed by atoms with van der Waals surface area (Å²) in [5.41, 5.74) is 11.0. The predicted octanol–water partition coefficient (Wildman–Crippen LogP) is 3.89. The molecule has 122 valence electrons. The monoisotopic (exact) mass is 326 g/mol. The zero-order valence-electron chi connectivity index (χ0n) is 13.2. The Hall–Kier alpha value is -2.73. The highest BCUT2D eigenvalue weighted by Crippen LogP contribution is 2.34. The lowest BCUT2D eigenvalue weighted by atomic mass is 9.99. The molecule has 1 atom stereocenters. The van der Waals surface area contributed by atoms with Crippen LogP contribution in [0.3, 0.4) is 0 Å². The van der Waals surface area contributed by atoms with Crippen molar-refractivity contribution in [2.45, 2.75) is 20.0 Å². The van der Waals surface area contributed by atoms with Crippen LogP contribution in [0.25, 0.3) is 10.9 Å². The van der Waals surface area contributed by atoms with Gasteiger partial charge >= 0.3 is 0 Å². The van der Waals surface area contributed by atoms with E-state index in [1.54, 1.807) is 6.20 Å². The Kier molecular flexibility index (Phi) is 3.18. The summed E-state index contributed by atoms with van der Waals surface area (Å²) in [6.45, 7) is 4.02. The zero-order valence-corrected chi connectivity index (χ0v) is 13.2. The first-order chi connectivity index (χ1) is 11.5. The van der Waals surface area contributed by atoms with Crippen LogP contribution in [0.15, 0.2) is 35.5 Å². The molecule has 2 heterocycles. The molecule has 0 amide bonds. The fourth-order valence-corrected chi connectivity index (χ4v) is 3.10. The first kappa shape index (κ1) is 14.8. The second-order valence-corrected chi connectivity index (χ2v) is 6.03. The minimum absolute atomic E-state index is 0.247. The highest BCUT2D eigenvalue weighted by atomic mass is 19.1. The molecule has 1 unspecified atom stereocenters. The van der Waals surface area contributed by atoms with Crippen molar-refractivity contribution in [3.8, 4) is 0 Å². The molecule has 0 bridgehead atoms. The molecule has 6 heteroatoms. The second kappa shape index (κ2) is 5.14. The molecule has 1 aliphatic heterocycles. The van der Waals surface area contributed by atoms with E-state index in [9.17, 15) is 8.78 Å². The number of benzene rings is 2. The number of H-pyrrole nitrogens is 1. The standard InChI is InChI=1S/C18H16F2N4/c1-8-3-4-11-15(9(8)2)23-18(24-17(11)21)13-7-22-16-12(13)5-10(19)6-14(16)20/h3-7,17,22H,21H2,1-2H3,(H,23,24). The number of hydrogen-bond acceptors (Lipinski definition) is 3.